The quantitative estimate of drug-likeness (QED) is 0.627. The van der Waals surface area contributed by atoms with E-state index in [4.69, 9.17) is 4.42 Å². The molecule has 0 spiro atoms. The highest BCUT2D eigenvalue weighted by atomic mass is 32.1. The molecule has 152 valence electrons. The number of rotatable bonds is 5. The normalized spacial score (nSPS) is 13.3. The van der Waals surface area contributed by atoms with Crippen LogP contribution in [0.1, 0.15) is 57.3 Å². The van der Waals surface area contributed by atoms with Crippen molar-refractivity contribution in [1.82, 2.24) is 5.32 Å². The van der Waals surface area contributed by atoms with Gasteiger partial charge >= 0.3 is 0 Å². The van der Waals surface area contributed by atoms with Gasteiger partial charge in [-0.2, -0.15) is 0 Å². The number of benzene rings is 1. The van der Waals surface area contributed by atoms with E-state index in [2.05, 4.69) is 16.7 Å². The van der Waals surface area contributed by atoms with Crippen molar-refractivity contribution in [2.24, 2.45) is 0 Å². The van der Waals surface area contributed by atoms with Crippen LogP contribution in [-0.4, -0.2) is 18.4 Å². The standard InChI is InChI=1S/C23H26N2O3S/c1-4-24-22(27)21-16-7-5-6-8-18(16)29-23(21)25-19(26)11-15-12-28-17-10-13(2)9-14(3)20(15)17/h9-10,12H,4-8,11H2,1-3H3,(H,24,27)(H,25,26). The minimum Gasteiger partial charge on any atom is -0.464 e. The van der Waals surface area contributed by atoms with Gasteiger partial charge in [0, 0.05) is 22.4 Å². The van der Waals surface area contributed by atoms with Crippen LogP contribution in [0.25, 0.3) is 11.0 Å². The van der Waals surface area contributed by atoms with Crippen LogP contribution in [0.15, 0.2) is 22.8 Å². The van der Waals surface area contributed by atoms with Crippen LogP contribution in [0.4, 0.5) is 5.00 Å². The molecule has 5 nitrogen and oxygen atoms in total. The molecule has 0 bridgehead atoms. The summed E-state index contributed by atoms with van der Waals surface area (Å²) in [6, 6.07) is 4.09. The van der Waals surface area contributed by atoms with Gasteiger partial charge in [-0.3, -0.25) is 9.59 Å². The number of carbonyl (C=O) groups is 2. The Balaban J connectivity index is 1.61. The first-order chi connectivity index (χ1) is 14.0. The number of anilines is 1. The molecule has 0 saturated heterocycles. The van der Waals surface area contributed by atoms with Crippen molar-refractivity contribution >= 4 is 39.1 Å². The average Bonchev–Trinajstić information content (AvgIpc) is 3.22. The van der Waals surface area contributed by atoms with E-state index < -0.39 is 0 Å². The monoisotopic (exact) mass is 410 g/mol. The Bertz CT molecular complexity index is 1090. The summed E-state index contributed by atoms with van der Waals surface area (Å²) in [4.78, 5) is 26.8. The lowest BCUT2D eigenvalue weighted by Crippen LogP contribution is -2.25. The number of nitrogens with one attached hydrogen (secondary N) is 2. The molecule has 0 fully saturated rings. The van der Waals surface area contributed by atoms with Crippen LogP contribution in [0, 0.1) is 13.8 Å². The Kier molecular flexibility index (Phi) is 5.46. The van der Waals surface area contributed by atoms with Gasteiger partial charge in [-0.15, -0.1) is 11.3 Å². The molecule has 0 atom stereocenters. The first kappa shape index (κ1) is 19.7. The van der Waals surface area contributed by atoms with Gasteiger partial charge in [0.15, 0.2) is 0 Å². The van der Waals surface area contributed by atoms with Crippen LogP contribution >= 0.6 is 11.3 Å². The van der Waals surface area contributed by atoms with Crippen LogP contribution in [0.5, 0.6) is 0 Å². The van der Waals surface area contributed by atoms with Crippen LogP contribution < -0.4 is 10.6 Å². The number of furan rings is 1. The molecule has 0 radical (unpaired) electrons. The number of carbonyl (C=O) groups excluding carboxylic acids is 2. The van der Waals surface area contributed by atoms with Gasteiger partial charge < -0.3 is 15.1 Å². The fourth-order valence-electron chi connectivity index (χ4n) is 4.24. The summed E-state index contributed by atoms with van der Waals surface area (Å²) in [7, 11) is 0. The Morgan fingerprint density at radius 1 is 1.17 bits per heavy atom. The molecule has 2 amide bonds. The number of fused-ring (bicyclic) bond motifs is 2. The summed E-state index contributed by atoms with van der Waals surface area (Å²) in [6.45, 7) is 6.54. The van der Waals surface area contributed by atoms with Gasteiger partial charge in [0.25, 0.3) is 5.91 Å². The SMILES string of the molecule is CCNC(=O)c1c(NC(=O)Cc2coc3cc(C)cc(C)c23)sc2c1CCCC2. The highest BCUT2D eigenvalue weighted by Crippen LogP contribution is 2.38. The molecular formula is C23H26N2O3S. The molecule has 1 aromatic carbocycles. The zero-order valence-electron chi connectivity index (χ0n) is 17.1. The number of thiophene rings is 1. The first-order valence-corrected chi connectivity index (χ1v) is 11.0. The first-order valence-electron chi connectivity index (χ1n) is 10.2. The topological polar surface area (TPSA) is 71.3 Å². The minimum absolute atomic E-state index is 0.0951. The van der Waals surface area contributed by atoms with E-state index in [1.807, 2.05) is 26.8 Å². The zero-order chi connectivity index (χ0) is 20.5. The van der Waals surface area contributed by atoms with E-state index in [9.17, 15) is 9.59 Å². The molecule has 1 aliphatic carbocycles. The molecule has 1 aliphatic rings. The van der Waals surface area contributed by atoms with E-state index in [-0.39, 0.29) is 18.2 Å². The fraction of sp³-hybridized carbons (Fsp3) is 0.391. The lowest BCUT2D eigenvalue weighted by Gasteiger charge is -2.12. The third-order valence-electron chi connectivity index (χ3n) is 5.43. The van der Waals surface area contributed by atoms with Crippen LogP contribution in [-0.2, 0) is 24.1 Å². The molecule has 2 aromatic heterocycles. The second-order valence-electron chi connectivity index (χ2n) is 7.72. The minimum atomic E-state index is -0.128. The van der Waals surface area contributed by atoms with Crippen molar-refractivity contribution in [3.63, 3.8) is 0 Å². The number of hydrogen-bond donors (Lipinski definition) is 2. The highest BCUT2D eigenvalue weighted by Gasteiger charge is 2.26. The summed E-state index contributed by atoms with van der Waals surface area (Å²) >= 11 is 1.55. The van der Waals surface area contributed by atoms with Crippen molar-refractivity contribution in [2.45, 2.75) is 52.9 Å². The van der Waals surface area contributed by atoms with Gasteiger partial charge in [0.05, 0.1) is 18.2 Å². The molecule has 0 unspecified atom stereocenters. The average molecular weight is 411 g/mol. The predicted molar refractivity (Wildman–Crippen MR) is 117 cm³/mol. The van der Waals surface area contributed by atoms with Gasteiger partial charge in [-0.05, 0) is 69.2 Å². The smallest absolute Gasteiger partial charge is 0.254 e. The Morgan fingerprint density at radius 3 is 2.76 bits per heavy atom. The highest BCUT2D eigenvalue weighted by molar-refractivity contribution is 7.17. The molecule has 2 heterocycles. The molecule has 29 heavy (non-hydrogen) atoms. The van der Waals surface area contributed by atoms with Crippen LogP contribution in [0.3, 0.4) is 0 Å². The van der Waals surface area contributed by atoms with Gasteiger partial charge in [0.1, 0.15) is 10.6 Å². The Hall–Kier alpha value is -2.60. The van der Waals surface area contributed by atoms with Crippen molar-refractivity contribution in [3.05, 3.63) is 51.1 Å². The lowest BCUT2D eigenvalue weighted by atomic mass is 9.95. The summed E-state index contributed by atoms with van der Waals surface area (Å²) in [5.41, 5.74) is 5.68. The second-order valence-corrected chi connectivity index (χ2v) is 8.82. The van der Waals surface area contributed by atoms with E-state index in [0.29, 0.717) is 17.1 Å². The molecular weight excluding hydrogens is 384 g/mol. The van der Waals surface area contributed by atoms with Gasteiger partial charge in [-0.1, -0.05) is 6.07 Å². The maximum atomic E-state index is 12.9. The van der Waals surface area contributed by atoms with Gasteiger partial charge in [0.2, 0.25) is 5.91 Å². The fourth-order valence-corrected chi connectivity index (χ4v) is 5.55. The summed E-state index contributed by atoms with van der Waals surface area (Å²) in [6.07, 6.45) is 5.99. The predicted octanol–water partition coefficient (Wildman–Crippen LogP) is 4.92. The Morgan fingerprint density at radius 2 is 1.97 bits per heavy atom. The molecule has 2 N–H and O–H groups in total. The van der Waals surface area contributed by atoms with E-state index in [0.717, 1.165) is 58.9 Å². The third-order valence-corrected chi connectivity index (χ3v) is 6.64. The van der Waals surface area contributed by atoms with Crippen molar-refractivity contribution < 1.29 is 14.0 Å². The molecule has 3 aromatic rings. The third kappa shape index (κ3) is 3.81. The lowest BCUT2D eigenvalue weighted by molar-refractivity contribution is -0.115. The number of amides is 2. The summed E-state index contributed by atoms with van der Waals surface area (Å²) < 4.78 is 5.68. The van der Waals surface area contributed by atoms with E-state index >= 15 is 0 Å². The number of hydrogen-bond acceptors (Lipinski definition) is 4. The van der Waals surface area contributed by atoms with E-state index in [1.54, 1.807) is 17.6 Å². The molecule has 6 heteroatoms. The van der Waals surface area contributed by atoms with E-state index in [1.165, 1.54) is 4.88 Å². The number of aryl methyl sites for hydroxylation is 3. The second kappa shape index (κ2) is 8.03. The summed E-state index contributed by atoms with van der Waals surface area (Å²) in [5, 5.41) is 7.59. The summed E-state index contributed by atoms with van der Waals surface area (Å²) in [5.74, 6) is -0.223. The largest absolute Gasteiger partial charge is 0.464 e. The molecule has 0 aliphatic heterocycles. The van der Waals surface area contributed by atoms with Crippen molar-refractivity contribution in [2.75, 3.05) is 11.9 Å². The van der Waals surface area contributed by atoms with Crippen LogP contribution in [0.2, 0.25) is 0 Å². The maximum Gasteiger partial charge on any atom is 0.254 e. The van der Waals surface area contributed by atoms with Crippen molar-refractivity contribution in [3.8, 4) is 0 Å². The maximum absolute atomic E-state index is 12.9. The van der Waals surface area contributed by atoms with Crippen molar-refractivity contribution in [1.29, 1.82) is 0 Å². The Labute approximate surface area is 174 Å². The molecule has 0 saturated carbocycles. The zero-order valence-corrected chi connectivity index (χ0v) is 17.9. The van der Waals surface area contributed by atoms with Gasteiger partial charge in [-0.25, -0.2) is 0 Å². The molecule has 4 rings (SSSR count).